The highest BCUT2D eigenvalue weighted by molar-refractivity contribution is 7.16. The first-order chi connectivity index (χ1) is 9.06. The molecule has 0 aliphatic heterocycles. The minimum absolute atomic E-state index is 0.0903. The second kappa shape index (κ2) is 6.08. The van der Waals surface area contributed by atoms with Gasteiger partial charge in [0.25, 0.3) is 5.91 Å². The molecule has 0 unspecified atom stereocenters. The van der Waals surface area contributed by atoms with E-state index in [4.69, 9.17) is 17.3 Å². The van der Waals surface area contributed by atoms with Crippen LogP contribution in [0.15, 0.2) is 30.3 Å². The Kier molecular flexibility index (Phi) is 4.45. The molecule has 1 heterocycles. The van der Waals surface area contributed by atoms with E-state index in [2.05, 4.69) is 5.32 Å². The summed E-state index contributed by atoms with van der Waals surface area (Å²) in [6.07, 6.45) is 0.782. The molecule has 0 saturated carbocycles. The van der Waals surface area contributed by atoms with Gasteiger partial charge in [0, 0.05) is 22.7 Å². The topological polar surface area (TPSA) is 55.1 Å². The summed E-state index contributed by atoms with van der Waals surface area (Å²) in [6, 6.07) is 9.19. The van der Waals surface area contributed by atoms with E-state index >= 15 is 0 Å². The lowest BCUT2D eigenvalue weighted by molar-refractivity contribution is 0.0953. The van der Waals surface area contributed by atoms with Gasteiger partial charge >= 0.3 is 0 Å². The third-order valence-electron chi connectivity index (χ3n) is 2.79. The van der Waals surface area contributed by atoms with Gasteiger partial charge in [-0.2, -0.15) is 0 Å². The first-order valence-corrected chi connectivity index (χ1v) is 7.14. The number of carbonyl (C=O) groups is 1. The SMILES string of the molecule is Cc1ccc(N)cc1C(=O)NCCc1ccc(Cl)s1. The molecular formula is C14H15ClN2OS. The molecule has 3 N–H and O–H groups in total. The molecule has 0 aliphatic carbocycles. The summed E-state index contributed by atoms with van der Waals surface area (Å²) >= 11 is 7.39. The summed E-state index contributed by atoms with van der Waals surface area (Å²) in [5.74, 6) is -0.0903. The van der Waals surface area contributed by atoms with Crippen molar-refractivity contribution < 1.29 is 4.79 Å². The summed E-state index contributed by atoms with van der Waals surface area (Å²) in [4.78, 5) is 13.2. The van der Waals surface area contributed by atoms with E-state index in [0.29, 0.717) is 17.8 Å². The lowest BCUT2D eigenvalue weighted by Gasteiger charge is -2.08. The Bertz CT molecular complexity index is 595. The van der Waals surface area contributed by atoms with Crippen molar-refractivity contribution >= 4 is 34.5 Å². The van der Waals surface area contributed by atoms with Crippen molar-refractivity contribution in [2.24, 2.45) is 0 Å². The summed E-state index contributed by atoms with van der Waals surface area (Å²) in [6.45, 7) is 2.48. The molecule has 0 spiro atoms. The number of carbonyl (C=O) groups excluding carboxylic acids is 1. The number of nitrogens with two attached hydrogens (primary N) is 1. The van der Waals surface area contributed by atoms with E-state index in [1.807, 2.05) is 25.1 Å². The van der Waals surface area contributed by atoms with Crippen molar-refractivity contribution in [2.45, 2.75) is 13.3 Å². The Balaban J connectivity index is 1.92. The molecule has 0 atom stereocenters. The predicted molar refractivity (Wildman–Crippen MR) is 81.0 cm³/mol. The van der Waals surface area contributed by atoms with Crippen molar-refractivity contribution in [1.29, 1.82) is 0 Å². The largest absolute Gasteiger partial charge is 0.399 e. The third-order valence-corrected chi connectivity index (χ3v) is 4.08. The zero-order chi connectivity index (χ0) is 13.8. The van der Waals surface area contributed by atoms with E-state index in [1.54, 1.807) is 12.1 Å². The van der Waals surface area contributed by atoms with Gasteiger partial charge in [0.1, 0.15) is 0 Å². The average Bonchev–Trinajstić information content (AvgIpc) is 2.78. The van der Waals surface area contributed by atoms with Crippen molar-refractivity contribution in [3.8, 4) is 0 Å². The lowest BCUT2D eigenvalue weighted by atomic mass is 10.1. The number of hydrogen-bond donors (Lipinski definition) is 2. The monoisotopic (exact) mass is 294 g/mol. The second-order valence-corrected chi connectivity index (χ2v) is 6.09. The summed E-state index contributed by atoms with van der Waals surface area (Å²) < 4.78 is 0.771. The van der Waals surface area contributed by atoms with E-state index in [-0.39, 0.29) is 5.91 Å². The fourth-order valence-corrected chi connectivity index (χ4v) is 2.85. The number of nitrogens with one attached hydrogen (secondary N) is 1. The molecule has 0 fully saturated rings. The van der Waals surface area contributed by atoms with Crippen molar-refractivity contribution in [2.75, 3.05) is 12.3 Å². The predicted octanol–water partition coefficient (Wildman–Crippen LogP) is 3.26. The molecule has 19 heavy (non-hydrogen) atoms. The summed E-state index contributed by atoms with van der Waals surface area (Å²) in [5, 5.41) is 2.89. The van der Waals surface area contributed by atoms with E-state index in [0.717, 1.165) is 21.2 Å². The number of benzene rings is 1. The van der Waals surface area contributed by atoms with Crippen molar-refractivity contribution in [3.63, 3.8) is 0 Å². The van der Waals surface area contributed by atoms with Crippen LogP contribution in [-0.2, 0) is 6.42 Å². The smallest absolute Gasteiger partial charge is 0.251 e. The minimum Gasteiger partial charge on any atom is -0.399 e. The van der Waals surface area contributed by atoms with Crippen molar-refractivity contribution in [3.05, 3.63) is 50.7 Å². The lowest BCUT2D eigenvalue weighted by Crippen LogP contribution is -2.26. The van der Waals surface area contributed by atoms with Crippen molar-refractivity contribution in [1.82, 2.24) is 5.32 Å². The molecule has 1 aromatic carbocycles. The van der Waals surface area contributed by atoms with Gasteiger partial charge in [-0.3, -0.25) is 4.79 Å². The number of anilines is 1. The Morgan fingerprint density at radius 3 is 2.84 bits per heavy atom. The van der Waals surface area contributed by atoms with Gasteiger partial charge in [0.15, 0.2) is 0 Å². The van der Waals surface area contributed by atoms with Gasteiger partial charge in [-0.25, -0.2) is 0 Å². The first kappa shape index (κ1) is 13.9. The van der Waals surface area contributed by atoms with Crippen LogP contribution in [0.5, 0.6) is 0 Å². The molecule has 2 rings (SSSR count). The van der Waals surface area contributed by atoms with Crippen LogP contribution in [0.1, 0.15) is 20.8 Å². The Labute approximate surface area is 121 Å². The average molecular weight is 295 g/mol. The highest BCUT2D eigenvalue weighted by Crippen LogP contribution is 2.21. The molecule has 1 aromatic heterocycles. The molecule has 100 valence electrons. The number of nitrogen functional groups attached to an aromatic ring is 1. The number of amides is 1. The first-order valence-electron chi connectivity index (χ1n) is 5.95. The van der Waals surface area contributed by atoms with Gasteiger partial charge in [-0.15, -0.1) is 11.3 Å². The van der Waals surface area contributed by atoms with Gasteiger partial charge in [0.2, 0.25) is 0 Å². The van der Waals surface area contributed by atoms with E-state index in [1.165, 1.54) is 11.3 Å². The molecule has 2 aromatic rings. The van der Waals surface area contributed by atoms with Gasteiger partial charge < -0.3 is 11.1 Å². The zero-order valence-electron chi connectivity index (χ0n) is 10.6. The molecule has 0 saturated heterocycles. The van der Waals surface area contributed by atoms with Crippen LogP contribution in [0, 0.1) is 6.92 Å². The maximum Gasteiger partial charge on any atom is 0.251 e. The van der Waals surface area contributed by atoms with Crippen LogP contribution in [0.4, 0.5) is 5.69 Å². The molecule has 3 nitrogen and oxygen atoms in total. The fraction of sp³-hybridized carbons (Fsp3) is 0.214. The maximum absolute atomic E-state index is 12.0. The Hall–Kier alpha value is -1.52. The standard InChI is InChI=1S/C14H15ClN2OS/c1-9-2-3-10(16)8-12(9)14(18)17-7-6-11-4-5-13(15)19-11/h2-5,8H,6-7,16H2,1H3,(H,17,18). The number of thiophene rings is 1. The van der Waals surface area contributed by atoms with Crippen LogP contribution in [-0.4, -0.2) is 12.5 Å². The number of aryl methyl sites for hydroxylation is 1. The number of hydrogen-bond acceptors (Lipinski definition) is 3. The van der Waals surface area contributed by atoms with Gasteiger partial charge in [-0.1, -0.05) is 17.7 Å². The van der Waals surface area contributed by atoms with Crippen LogP contribution in [0.3, 0.4) is 0 Å². The zero-order valence-corrected chi connectivity index (χ0v) is 12.1. The Morgan fingerprint density at radius 1 is 1.37 bits per heavy atom. The molecule has 0 bridgehead atoms. The van der Waals surface area contributed by atoms with E-state index in [9.17, 15) is 4.79 Å². The maximum atomic E-state index is 12.0. The number of halogens is 1. The molecule has 0 radical (unpaired) electrons. The van der Waals surface area contributed by atoms with Crippen LogP contribution in [0.25, 0.3) is 0 Å². The fourth-order valence-electron chi connectivity index (χ4n) is 1.76. The summed E-state index contributed by atoms with van der Waals surface area (Å²) in [7, 11) is 0. The van der Waals surface area contributed by atoms with Crippen LogP contribution >= 0.6 is 22.9 Å². The molecule has 0 aliphatic rings. The van der Waals surface area contributed by atoms with Gasteiger partial charge in [-0.05, 0) is 43.2 Å². The highest BCUT2D eigenvalue weighted by atomic mass is 35.5. The van der Waals surface area contributed by atoms with Gasteiger partial charge in [0.05, 0.1) is 4.34 Å². The molecule has 5 heteroatoms. The minimum atomic E-state index is -0.0903. The van der Waals surface area contributed by atoms with E-state index < -0.39 is 0 Å². The Morgan fingerprint density at radius 2 is 2.16 bits per heavy atom. The summed E-state index contributed by atoms with van der Waals surface area (Å²) in [5.41, 5.74) is 7.84. The highest BCUT2D eigenvalue weighted by Gasteiger charge is 2.09. The third kappa shape index (κ3) is 3.72. The van der Waals surface area contributed by atoms with Crippen LogP contribution < -0.4 is 11.1 Å². The number of rotatable bonds is 4. The normalized spacial score (nSPS) is 10.4. The van der Waals surface area contributed by atoms with Crippen LogP contribution in [0.2, 0.25) is 4.34 Å². The second-order valence-electron chi connectivity index (χ2n) is 4.29. The molecule has 1 amide bonds. The quantitative estimate of drug-likeness (QED) is 0.850. The molecular weight excluding hydrogens is 280 g/mol.